The van der Waals surface area contributed by atoms with Crippen molar-refractivity contribution in [1.82, 2.24) is 5.32 Å². The topological polar surface area (TPSA) is 83.1 Å². The summed E-state index contributed by atoms with van der Waals surface area (Å²) in [6.07, 6.45) is 2.56. The number of ether oxygens (including phenoxy) is 2. The number of carbonyl (C=O) groups excluding carboxylic acids is 2. The second kappa shape index (κ2) is 10.3. The molecule has 38 heavy (non-hydrogen) atoms. The van der Waals surface area contributed by atoms with Crippen molar-refractivity contribution in [2.24, 2.45) is 17.3 Å². The van der Waals surface area contributed by atoms with Gasteiger partial charge in [-0.15, -0.1) is 11.3 Å². The number of amides is 1. The fourth-order valence-corrected chi connectivity index (χ4v) is 7.40. The van der Waals surface area contributed by atoms with E-state index in [1.165, 1.54) is 0 Å². The van der Waals surface area contributed by atoms with Gasteiger partial charge in [-0.25, -0.2) is 4.79 Å². The minimum Gasteiger partial charge on any atom is -0.496 e. The molecule has 5 atom stereocenters. The van der Waals surface area contributed by atoms with Crippen molar-refractivity contribution in [3.63, 3.8) is 0 Å². The number of esters is 1. The van der Waals surface area contributed by atoms with Crippen LogP contribution in [0, 0.1) is 17.3 Å². The Morgan fingerprint density at radius 1 is 1.21 bits per heavy atom. The summed E-state index contributed by atoms with van der Waals surface area (Å²) in [7, 11) is 0.992. The van der Waals surface area contributed by atoms with Gasteiger partial charge in [-0.05, 0) is 92.5 Å². The molecule has 1 aromatic carbocycles. The minimum atomic E-state index is -0.608. The van der Waals surface area contributed by atoms with Crippen LogP contribution in [0.1, 0.15) is 68.3 Å². The molecule has 2 bridgehead atoms. The summed E-state index contributed by atoms with van der Waals surface area (Å²) in [5.41, 5.74) is 1.04. The third kappa shape index (κ3) is 5.00. The Balaban J connectivity index is 1.41. The summed E-state index contributed by atoms with van der Waals surface area (Å²) < 4.78 is 24.4. The van der Waals surface area contributed by atoms with Crippen LogP contribution in [-0.2, 0) is 31.7 Å². The number of rotatable bonds is 9. The first-order valence-corrected chi connectivity index (χ1v) is 14.4. The van der Waals surface area contributed by atoms with Crippen molar-refractivity contribution < 1.29 is 28.4 Å². The first-order chi connectivity index (χ1) is 18.0. The normalized spacial score (nSPS) is 27.9. The van der Waals surface area contributed by atoms with Gasteiger partial charge in [0.1, 0.15) is 5.75 Å². The molecule has 1 N–H and O–H groups in total. The van der Waals surface area contributed by atoms with E-state index in [1.54, 1.807) is 36.6 Å². The molecule has 1 amide bonds. The molecule has 204 valence electrons. The van der Waals surface area contributed by atoms with Crippen LogP contribution >= 0.6 is 11.3 Å². The van der Waals surface area contributed by atoms with Crippen LogP contribution in [0.15, 0.2) is 35.7 Å². The quantitative estimate of drug-likeness (QED) is 0.362. The van der Waals surface area contributed by atoms with Gasteiger partial charge in [0.25, 0.3) is 0 Å². The molecule has 4 fully saturated rings. The molecule has 4 aliphatic rings. The molecular formula is C29H38BNO6S. The molecule has 2 aromatic rings. The molecule has 0 radical (unpaired) electrons. The van der Waals surface area contributed by atoms with Gasteiger partial charge >= 0.3 is 13.1 Å². The standard InChI is InChI=1S/C29H38BNO6S/c1-17(2)35-27(33)18-9-10-22(34-6)19(12-18)13-25(31-26(32)16-21-8-7-11-38-21)30-36-24-15-20-14-23(28(20,3)4)29(24,5)37-30/h7-12,17,20,23-25H,13-16H2,1-6H3,(H,31,32)/t20?,23-,24?,25?,29?/m1/s1. The van der Waals surface area contributed by atoms with E-state index in [0.29, 0.717) is 29.6 Å². The summed E-state index contributed by atoms with van der Waals surface area (Å²) in [6, 6.07) is 9.15. The Morgan fingerprint density at radius 3 is 2.66 bits per heavy atom. The van der Waals surface area contributed by atoms with Gasteiger partial charge in [0.05, 0.1) is 42.8 Å². The van der Waals surface area contributed by atoms with Crippen molar-refractivity contribution in [2.75, 3.05) is 7.11 Å². The van der Waals surface area contributed by atoms with Gasteiger partial charge in [-0.1, -0.05) is 19.9 Å². The zero-order valence-corrected chi connectivity index (χ0v) is 23.9. The van der Waals surface area contributed by atoms with Crippen LogP contribution < -0.4 is 10.1 Å². The van der Waals surface area contributed by atoms with Crippen LogP contribution in [0.4, 0.5) is 0 Å². The van der Waals surface area contributed by atoms with Crippen LogP contribution in [0.3, 0.4) is 0 Å². The zero-order chi connectivity index (χ0) is 27.2. The molecule has 1 saturated heterocycles. The average molecular weight is 540 g/mol. The van der Waals surface area contributed by atoms with Crippen LogP contribution in [-0.4, -0.2) is 49.9 Å². The first kappa shape index (κ1) is 27.2. The van der Waals surface area contributed by atoms with E-state index in [9.17, 15) is 9.59 Å². The lowest BCUT2D eigenvalue weighted by atomic mass is 9.43. The third-order valence-corrected chi connectivity index (χ3v) is 9.73. The first-order valence-electron chi connectivity index (χ1n) is 13.5. The van der Waals surface area contributed by atoms with Gasteiger partial charge in [-0.3, -0.25) is 4.79 Å². The molecule has 3 aliphatic carbocycles. The molecule has 1 aromatic heterocycles. The number of nitrogens with one attached hydrogen (secondary N) is 1. The Morgan fingerprint density at radius 2 is 2.00 bits per heavy atom. The highest BCUT2D eigenvalue weighted by atomic mass is 32.1. The summed E-state index contributed by atoms with van der Waals surface area (Å²) in [5, 5.41) is 5.17. The minimum absolute atomic E-state index is 0.00442. The number of thiophene rings is 1. The van der Waals surface area contributed by atoms with E-state index >= 15 is 0 Å². The third-order valence-electron chi connectivity index (χ3n) is 8.86. The number of methoxy groups -OCH3 is 1. The van der Waals surface area contributed by atoms with Gasteiger partial charge in [0.2, 0.25) is 5.91 Å². The highest BCUT2D eigenvalue weighted by Gasteiger charge is 2.68. The van der Waals surface area contributed by atoms with Crippen molar-refractivity contribution in [2.45, 2.75) is 84.1 Å². The number of carbonyl (C=O) groups is 2. The van der Waals surface area contributed by atoms with Crippen molar-refractivity contribution in [1.29, 1.82) is 0 Å². The van der Waals surface area contributed by atoms with E-state index in [0.717, 1.165) is 23.3 Å². The number of benzene rings is 1. The lowest BCUT2D eigenvalue weighted by Crippen LogP contribution is -2.65. The van der Waals surface area contributed by atoms with Gasteiger partial charge in [-0.2, -0.15) is 0 Å². The van der Waals surface area contributed by atoms with Crippen LogP contribution in [0.2, 0.25) is 0 Å². The summed E-state index contributed by atoms with van der Waals surface area (Å²) in [6.45, 7) is 10.5. The Kier molecular flexibility index (Phi) is 7.39. The Hall–Kier alpha value is -2.36. The van der Waals surface area contributed by atoms with E-state index < -0.39 is 24.6 Å². The Bertz CT molecular complexity index is 1180. The SMILES string of the molecule is COc1ccc(C(=O)OC(C)C)cc1CC(NC(=O)Cc1cccs1)B1OC2CC3C[C@H](C3(C)C)C2(C)O1. The van der Waals surface area contributed by atoms with Crippen LogP contribution in [0.25, 0.3) is 0 Å². The second-order valence-corrected chi connectivity index (χ2v) is 13.0. The molecule has 0 spiro atoms. The summed E-state index contributed by atoms with van der Waals surface area (Å²) in [4.78, 5) is 26.8. The van der Waals surface area contributed by atoms with Crippen molar-refractivity contribution >= 4 is 30.3 Å². The maximum atomic E-state index is 13.2. The largest absolute Gasteiger partial charge is 0.496 e. The lowest BCUT2D eigenvalue weighted by Gasteiger charge is -2.64. The van der Waals surface area contributed by atoms with E-state index in [2.05, 4.69) is 26.1 Å². The number of hydrogen-bond acceptors (Lipinski definition) is 7. The highest BCUT2D eigenvalue weighted by molar-refractivity contribution is 7.10. The average Bonchev–Trinajstić information content (AvgIpc) is 3.49. The summed E-state index contributed by atoms with van der Waals surface area (Å²) >= 11 is 1.56. The molecule has 7 nitrogen and oxygen atoms in total. The smallest absolute Gasteiger partial charge is 0.482 e. The van der Waals surface area contributed by atoms with Crippen molar-refractivity contribution in [3.8, 4) is 5.75 Å². The molecule has 3 saturated carbocycles. The Labute approximate surface area is 229 Å². The van der Waals surface area contributed by atoms with E-state index in [1.807, 2.05) is 31.4 Å². The molecule has 6 rings (SSSR count). The fourth-order valence-electron chi connectivity index (χ4n) is 6.70. The van der Waals surface area contributed by atoms with Crippen LogP contribution in [0.5, 0.6) is 5.75 Å². The maximum absolute atomic E-state index is 13.2. The van der Waals surface area contributed by atoms with Crippen molar-refractivity contribution in [3.05, 3.63) is 51.7 Å². The van der Waals surface area contributed by atoms with E-state index in [4.69, 9.17) is 18.8 Å². The highest BCUT2D eigenvalue weighted by Crippen LogP contribution is 2.65. The van der Waals surface area contributed by atoms with Gasteiger partial charge in [0.15, 0.2) is 0 Å². The maximum Gasteiger partial charge on any atom is 0.482 e. The molecule has 4 unspecified atom stereocenters. The monoisotopic (exact) mass is 539 g/mol. The zero-order valence-electron chi connectivity index (χ0n) is 23.1. The second-order valence-electron chi connectivity index (χ2n) is 12.0. The van der Waals surface area contributed by atoms with E-state index in [-0.39, 0.29) is 30.0 Å². The predicted molar refractivity (Wildman–Crippen MR) is 147 cm³/mol. The fraction of sp³-hybridized carbons (Fsp3) is 0.586. The lowest BCUT2D eigenvalue weighted by molar-refractivity contribution is -0.199. The molecular weight excluding hydrogens is 501 g/mol. The van der Waals surface area contributed by atoms with Gasteiger partial charge in [0, 0.05) is 4.88 Å². The molecule has 9 heteroatoms. The summed E-state index contributed by atoms with van der Waals surface area (Å²) in [5.74, 6) is 0.724. The molecule has 1 aliphatic heterocycles. The van der Waals surface area contributed by atoms with Gasteiger partial charge < -0.3 is 24.1 Å². The molecule has 2 heterocycles. The predicted octanol–water partition coefficient (Wildman–Crippen LogP) is 4.86. The number of hydrogen-bond donors (Lipinski definition) is 1.